The summed E-state index contributed by atoms with van der Waals surface area (Å²) in [6.45, 7) is -0.0737. The molecule has 0 fully saturated rings. The molecule has 1 aromatic heterocycles. The number of halogens is 1. The van der Waals surface area contributed by atoms with E-state index >= 15 is 0 Å². The van der Waals surface area contributed by atoms with E-state index < -0.39 is 11.9 Å². The lowest BCUT2D eigenvalue weighted by molar-refractivity contribution is -0.139. The molecule has 0 saturated carbocycles. The van der Waals surface area contributed by atoms with Crippen molar-refractivity contribution in [3.63, 3.8) is 0 Å². The van der Waals surface area contributed by atoms with Gasteiger partial charge in [0.25, 0.3) is 0 Å². The molecule has 5 nitrogen and oxygen atoms in total. The van der Waals surface area contributed by atoms with Crippen LogP contribution in [0, 0.1) is 0 Å². The fraction of sp³-hybridized carbons (Fsp3) is 0.125. The van der Waals surface area contributed by atoms with Crippen LogP contribution in [0.1, 0.15) is 21.9 Å². The Kier molecular flexibility index (Phi) is 5.38. The minimum atomic E-state index is -0.585. The minimum absolute atomic E-state index is 0.0584. The Morgan fingerprint density at radius 2 is 2.09 bits per heavy atom. The van der Waals surface area contributed by atoms with Crippen LogP contribution in [0.15, 0.2) is 46.9 Å². The van der Waals surface area contributed by atoms with Crippen LogP contribution in [0.5, 0.6) is 0 Å². The molecule has 1 aromatic carbocycles. The first-order valence-electron chi connectivity index (χ1n) is 6.36. The zero-order chi connectivity index (χ0) is 15.9. The number of ether oxygens (including phenoxy) is 2. The second-order valence-corrected chi connectivity index (χ2v) is 4.69. The number of benzene rings is 1. The van der Waals surface area contributed by atoms with Gasteiger partial charge >= 0.3 is 11.9 Å². The minimum Gasteiger partial charge on any atom is -0.463 e. The maximum absolute atomic E-state index is 11.6. The van der Waals surface area contributed by atoms with Gasteiger partial charge in [-0.2, -0.15) is 0 Å². The molecule has 0 saturated heterocycles. The summed E-state index contributed by atoms with van der Waals surface area (Å²) in [5, 5.41) is 0.585. The number of carbonyl (C=O) groups excluding carboxylic acids is 2. The average molecular weight is 321 g/mol. The highest BCUT2D eigenvalue weighted by Gasteiger charge is 2.11. The topological polar surface area (TPSA) is 65.7 Å². The summed E-state index contributed by atoms with van der Waals surface area (Å²) in [5.41, 5.74) is 0.787. The number of furan rings is 1. The summed E-state index contributed by atoms with van der Waals surface area (Å²) in [6.07, 6.45) is 2.88. The molecule has 22 heavy (non-hydrogen) atoms. The van der Waals surface area contributed by atoms with E-state index in [9.17, 15) is 9.59 Å². The van der Waals surface area contributed by atoms with Gasteiger partial charge in [-0.05, 0) is 35.9 Å². The second-order valence-electron chi connectivity index (χ2n) is 4.25. The lowest BCUT2D eigenvalue weighted by Crippen LogP contribution is -2.01. The Morgan fingerprint density at radius 3 is 2.82 bits per heavy atom. The van der Waals surface area contributed by atoms with Crippen LogP contribution in [-0.4, -0.2) is 19.0 Å². The zero-order valence-corrected chi connectivity index (χ0v) is 12.5. The molecule has 0 unspecified atom stereocenters. The van der Waals surface area contributed by atoms with E-state index in [1.54, 1.807) is 30.3 Å². The number of methoxy groups -OCH3 is 1. The van der Waals surface area contributed by atoms with Crippen molar-refractivity contribution in [2.75, 3.05) is 7.11 Å². The summed E-state index contributed by atoms with van der Waals surface area (Å²) in [6, 6.07) is 10.1. The molecule has 2 aromatic rings. The molecule has 0 spiro atoms. The van der Waals surface area contributed by atoms with Crippen LogP contribution >= 0.6 is 11.6 Å². The lowest BCUT2D eigenvalue weighted by atomic mass is 10.2. The third-order valence-electron chi connectivity index (χ3n) is 2.67. The highest BCUT2D eigenvalue weighted by molar-refractivity contribution is 6.30. The summed E-state index contributed by atoms with van der Waals surface area (Å²) in [5.74, 6) is -0.706. The van der Waals surface area contributed by atoms with Crippen LogP contribution in [0.25, 0.3) is 6.08 Å². The van der Waals surface area contributed by atoms with Gasteiger partial charge in [0.2, 0.25) is 5.76 Å². The summed E-state index contributed by atoms with van der Waals surface area (Å²) in [4.78, 5) is 22.8. The van der Waals surface area contributed by atoms with Crippen LogP contribution < -0.4 is 0 Å². The van der Waals surface area contributed by atoms with Gasteiger partial charge in [-0.25, -0.2) is 9.59 Å². The smallest absolute Gasteiger partial charge is 0.373 e. The number of hydrogen-bond acceptors (Lipinski definition) is 5. The van der Waals surface area contributed by atoms with Gasteiger partial charge in [0, 0.05) is 11.1 Å². The molecular formula is C16H13ClO5. The van der Waals surface area contributed by atoms with Crippen LogP contribution in [0.3, 0.4) is 0 Å². The van der Waals surface area contributed by atoms with E-state index in [1.165, 1.54) is 19.3 Å². The van der Waals surface area contributed by atoms with E-state index in [1.807, 2.05) is 6.07 Å². The van der Waals surface area contributed by atoms with Gasteiger partial charge in [0.15, 0.2) is 0 Å². The normalized spacial score (nSPS) is 10.6. The highest BCUT2D eigenvalue weighted by Crippen LogP contribution is 2.13. The van der Waals surface area contributed by atoms with E-state index in [2.05, 4.69) is 4.74 Å². The maximum Gasteiger partial charge on any atom is 0.373 e. The first-order valence-corrected chi connectivity index (χ1v) is 6.73. The summed E-state index contributed by atoms with van der Waals surface area (Å²) in [7, 11) is 1.26. The standard InChI is InChI=1S/C16H13ClO5/c1-20-16(19)14-7-6-13(22-14)10-21-15(18)8-5-11-3-2-4-12(17)9-11/h2-9H,10H2,1H3/b8-5+. The molecule has 0 atom stereocenters. The van der Waals surface area contributed by atoms with Crippen molar-refractivity contribution in [1.82, 2.24) is 0 Å². The Balaban J connectivity index is 1.87. The quantitative estimate of drug-likeness (QED) is 0.623. The molecule has 0 aliphatic heterocycles. The Bertz CT molecular complexity index is 702. The molecule has 0 aliphatic rings. The fourth-order valence-corrected chi connectivity index (χ4v) is 1.83. The van der Waals surface area contributed by atoms with E-state index in [0.717, 1.165) is 5.56 Å². The van der Waals surface area contributed by atoms with E-state index in [4.69, 9.17) is 20.8 Å². The van der Waals surface area contributed by atoms with Crippen molar-refractivity contribution < 1.29 is 23.5 Å². The molecule has 0 aliphatic carbocycles. The molecular weight excluding hydrogens is 308 g/mol. The summed E-state index contributed by atoms with van der Waals surface area (Å²) >= 11 is 5.84. The van der Waals surface area contributed by atoms with Crippen molar-refractivity contribution in [1.29, 1.82) is 0 Å². The predicted molar refractivity (Wildman–Crippen MR) is 80.3 cm³/mol. The Labute approximate surface area is 132 Å². The highest BCUT2D eigenvalue weighted by atomic mass is 35.5. The maximum atomic E-state index is 11.6. The third-order valence-corrected chi connectivity index (χ3v) is 2.90. The third kappa shape index (κ3) is 4.49. The number of rotatable bonds is 5. The van der Waals surface area contributed by atoms with Gasteiger partial charge < -0.3 is 13.9 Å². The van der Waals surface area contributed by atoms with Gasteiger partial charge in [-0.15, -0.1) is 0 Å². The van der Waals surface area contributed by atoms with E-state index in [-0.39, 0.29) is 12.4 Å². The predicted octanol–water partition coefficient (Wildman–Crippen LogP) is 3.48. The molecule has 2 rings (SSSR count). The second kappa shape index (κ2) is 7.47. The van der Waals surface area contributed by atoms with Crippen molar-refractivity contribution in [3.8, 4) is 0 Å². The van der Waals surface area contributed by atoms with Crippen molar-refractivity contribution in [2.45, 2.75) is 6.61 Å². The van der Waals surface area contributed by atoms with Crippen LogP contribution in [0.4, 0.5) is 0 Å². The number of esters is 2. The van der Waals surface area contributed by atoms with Crippen LogP contribution in [0.2, 0.25) is 5.02 Å². The van der Waals surface area contributed by atoms with E-state index in [0.29, 0.717) is 10.8 Å². The lowest BCUT2D eigenvalue weighted by Gasteiger charge is -1.99. The Hall–Kier alpha value is -2.53. The fourth-order valence-electron chi connectivity index (χ4n) is 1.63. The average Bonchev–Trinajstić information content (AvgIpc) is 2.99. The van der Waals surface area contributed by atoms with Gasteiger partial charge in [-0.1, -0.05) is 23.7 Å². The van der Waals surface area contributed by atoms with Crippen molar-refractivity contribution in [2.24, 2.45) is 0 Å². The molecule has 114 valence electrons. The first kappa shape index (κ1) is 15.9. The molecule has 0 N–H and O–H groups in total. The summed E-state index contributed by atoms with van der Waals surface area (Å²) < 4.78 is 14.7. The largest absolute Gasteiger partial charge is 0.463 e. The molecule has 1 heterocycles. The first-order chi connectivity index (χ1) is 10.6. The van der Waals surface area contributed by atoms with Gasteiger partial charge in [0.1, 0.15) is 12.4 Å². The SMILES string of the molecule is COC(=O)c1ccc(COC(=O)/C=C/c2cccc(Cl)c2)o1. The number of hydrogen-bond donors (Lipinski definition) is 0. The van der Waals surface area contributed by atoms with Gasteiger partial charge in [0.05, 0.1) is 7.11 Å². The molecule has 0 radical (unpaired) electrons. The molecule has 0 amide bonds. The molecule has 0 bridgehead atoms. The molecule has 6 heteroatoms. The van der Waals surface area contributed by atoms with Crippen molar-refractivity contribution >= 4 is 29.6 Å². The zero-order valence-electron chi connectivity index (χ0n) is 11.7. The Morgan fingerprint density at radius 1 is 1.27 bits per heavy atom. The van der Waals surface area contributed by atoms with Crippen molar-refractivity contribution in [3.05, 3.63) is 64.6 Å². The monoisotopic (exact) mass is 320 g/mol. The van der Waals surface area contributed by atoms with Gasteiger partial charge in [-0.3, -0.25) is 0 Å². The van der Waals surface area contributed by atoms with Crippen LogP contribution in [-0.2, 0) is 20.9 Å². The number of carbonyl (C=O) groups is 2.